The van der Waals surface area contributed by atoms with Crippen LogP contribution in [0.1, 0.15) is 24.8 Å². The summed E-state index contributed by atoms with van der Waals surface area (Å²) in [6.07, 6.45) is 7.53. The number of carbonyl (C=O) groups is 1. The molecule has 4 rings (SSSR count). The molecule has 1 amide bonds. The molecule has 2 N–H and O–H groups in total. The third-order valence-corrected chi connectivity index (χ3v) is 8.52. The normalized spacial score (nSPS) is 18.1. The van der Waals surface area contributed by atoms with Gasteiger partial charge in [0.1, 0.15) is 0 Å². The zero-order valence-electron chi connectivity index (χ0n) is 21.4. The van der Waals surface area contributed by atoms with E-state index in [9.17, 15) is 4.79 Å². The van der Waals surface area contributed by atoms with Crippen molar-refractivity contribution < 1.29 is 14.3 Å². The summed E-state index contributed by atoms with van der Waals surface area (Å²) in [6, 6.07) is 13.9. The summed E-state index contributed by atoms with van der Waals surface area (Å²) in [5, 5.41) is 0.896. The van der Waals surface area contributed by atoms with Gasteiger partial charge in [0.15, 0.2) is 16.7 Å². The van der Waals surface area contributed by atoms with Gasteiger partial charge in [-0.15, -0.1) is 0 Å². The van der Waals surface area contributed by atoms with Crippen LogP contribution in [0.2, 0.25) is 5.02 Å². The number of nitrogens with two attached hydrogens (primary N) is 1. The number of primary amides is 1. The molecule has 1 fully saturated rings. The van der Waals surface area contributed by atoms with E-state index in [0.29, 0.717) is 16.7 Å². The van der Waals surface area contributed by atoms with Gasteiger partial charge < -0.3 is 20.1 Å². The first-order valence-corrected chi connectivity index (χ1v) is 13.6. The van der Waals surface area contributed by atoms with E-state index in [-0.39, 0.29) is 17.9 Å². The Balaban J connectivity index is 1.43. The number of thioether (sulfide) groups is 1. The Morgan fingerprint density at radius 2 is 1.78 bits per heavy atom. The van der Waals surface area contributed by atoms with Crippen molar-refractivity contribution in [2.75, 3.05) is 27.8 Å². The van der Waals surface area contributed by atoms with Crippen molar-refractivity contribution >= 4 is 29.3 Å². The number of carbonyl (C=O) groups excluding carboxylic acids is 1. The lowest BCUT2D eigenvalue weighted by Gasteiger charge is -2.32. The van der Waals surface area contributed by atoms with Gasteiger partial charge in [-0.1, -0.05) is 48.0 Å². The van der Waals surface area contributed by atoms with Crippen LogP contribution in [0.5, 0.6) is 11.5 Å². The van der Waals surface area contributed by atoms with E-state index in [1.54, 1.807) is 26.6 Å². The zero-order chi connectivity index (χ0) is 26.4. The minimum Gasteiger partial charge on any atom is -0.493 e. The number of ether oxygens (including phenoxy) is 2. The molecule has 3 aromatic rings. The fraction of sp³-hybridized carbons (Fsp3) is 0.393. The highest BCUT2D eigenvalue weighted by atomic mass is 35.5. The Labute approximate surface area is 227 Å². The predicted molar refractivity (Wildman–Crippen MR) is 148 cm³/mol. The van der Waals surface area contributed by atoms with Gasteiger partial charge in [-0.3, -0.25) is 4.79 Å². The van der Waals surface area contributed by atoms with Crippen LogP contribution in [0.15, 0.2) is 60.0 Å². The standard InChI is InChI=1S/C28H33ClN4O3S/c1-33(14-13-18-7-10-21(29)11-8-18)23-6-4-5-22(23)26(27(30)34)37-28-31-16-20(17-32-28)19-9-12-24(35-2)25(15-19)36-3/h7-12,15-17,22-23,26H,4-6,13-14H2,1-3H3,(H2,30,34). The molecule has 1 aromatic heterocycles. The number of nitrogens with zero attached hydrogens (tertiary/aromatic N) is 3. The van der Waals surface area contributed by atoms with E-state index in [2.05, 4.69) is 34.0 Å². The largest absolute Gasteiger partial charge is 0.493 e. The Morgan fingerprint density at radius 3 is 2.43 bits per heavy atom. The van der Waals surface area contributed by atoms with Crippen molar-refractivity contribution in [2.24, 2.45) is 11.7 Å². The second-order valence-electron chi connectivity index (χ2n) is 9.28. The fourth-order valence-corrected chi connectivity index (χ4v) is 6.19. The molecule has 1 saturated carbocycles. The summed E-state index contributed by atoms with van der Waals surface area (Å²) >= 11 is 7.38. The number of hydrogen-bond acceptors (Lipinski definition) is 7. The van der Waals surface area contributed by atoms with Crippen LogP contribution in [0, 0.1) is 5.92 Å². The van der Waals surface area contributed by atoms with Crippen molar-refractivity contribution in [2.45, 2.75) is 42.1 Å². The molecule has 0 saturated heterocycles. The van der Waals surface area contributed by atoms with Gasteiger partial charge in [0.25, 0.3) is 0 Å². The highest BCUT2D eigenvalue weighted by Crippen LogP contribution is 2.39. The molecule has 7 nitrogen and oxygen atoms in total. The molecule has 3 unspecified atom stereocenters. The van der Waals surface area contributed by atoms with E-state index in [4.69, 9.17) is 26.8 Å². The Bertz CT molecular complexity index is 1190. The second-order valence-corrected chi connectivity index (χ2v) is 10.8. The van der Waals surface area contributed by atoms with Crippen molar-refractivity contribution in [1.82, 2.24) is 14.9 Å². The Hall–Kier alpha value is -2.81. The molecule has 1 aliphatic carbocycles. The minimum atomic E-state index is -0.391. The number of likely N-dealkylation sites (N-methyl/N-ethyl adjacent to an activating group) is 1. The molecule has 1 aliphatic rings. The van der Waals surface area contributed by atoms with Crippen LogP contribution in [-0.4, -0.2) is 59.9 Å². The number of benzene rings is 2. The maximum atomic E-state index is 12.6. The fourth-order valence-electron chi connectivity index (χ4n) is 5.00. The molecule has 0 aliphatic heterocycles. The molecule has 37 heavy (non-hydrogen) atoms. The van der Waals surface area contributed by atoms with Gasteiger partial charge in [0, 0.05) is 35.6 Å². The molecule has 3 atom stereocenters. The summed E-state index contributed by atoms with van der Waals surface area (Å²) in [6.45, 7) is 0.898. The molecule has 196 valence electrons. The first-order valence-electron chi connectivity index (χ1n) is 12.3. The van der Waals surface area contributed by atoms with Crippen LogP contribution < -0.4 is 15.2 Å². The van der Waals surface area contributed by atoms with Crippen LogP contribution in [0.4, 0.5) is 0 Å². The number of halogens is 1. The van der Waals surface area contributed by atoms with E-state index in [1.165, 1.54) is 17.3 Å². The molecule has 0 radical (unpaired) electrons. The number of amides is 1. The molecule has 0 spiro atoms. The Morgan fingerprint density at radius 1 is 1.08 bits per heavy atom. The average molecular weight is 541 g/mol. The molecule has 9 heteroatoms. The summed E-state index contributed by atoms with van der Waals surface area (Å²) in [7, 11) is 5.34. The first-order chi connectivity index (χ1) is 17.9. The number of rotatable bonds is 11. The van der Waals surface area contributed by atoms with Crippen molar-refractivity contribution in [3.05, 3.63) is 65.4 Å². The van der Waals surface area contributed by atoms with E-state index < -0.39 is 5.25 Å². The third kappa shape index (κ3) is 6.74. The van der Waals surface area contributed by atoms with Gasteiger partial charge in [-0.25, -0.2) is 9.97 Å². The van der Waals surface area contributed by atoms with Crippen LogP contribution in [-0.2, 0) is 11.2 Å². The molecule has 1 heterocycles. The van der Waals surface area contributed by atoms with E-state index >= 15 is 0 Å². The second kappa shape index (κ2) is 12.6. The van der Waals surface area contributed by atoms with Crippen molar-refractivity contribution in [1.29, 1.82) is 0 Å². The highest BCUT2D eigenvalue weighted by molar-refractivity contribution is 8.00. The van der Waals surface area contributed by atoms with Gasteiger partial charge in [-0.05, 0) is 67.6 Å². The average Bonchev–Trinajstić information content (AvgIpc) is 3.40. The Kier molecular flexibility index (Phi) is 9.29. The summed E-state index contributed by atoms with van der Waals surface area (Å²) in [5.74, 6) is 1.13. The number of hydrogen-bond donors (Lipinski definition) is 1. The summed E-state index contributed by atoms with van der Waals surface area (Å²) < 4.78 is 10.7. The third-order valence-electron chi connectivity index (χ3n) is 7.01. The molecule has 0 bridgehead atoms. The maximum absolute atomic E-state index is 12.6. The predicted octanol–water partition coefficient (Wildman–Crippen LogP) is 5.10. The minimum absolute atomic E-state index is 0.145. The zero-order valence-corrected chi connectivity index (χ0v) is 23.0. The lowest BCUT2D eigenvalue weighted by Crippen LogP contribution is -2.44. The van der Waals surface area contributed by atoms with Crippen LogP contribution in [0.3, 0.4) is 0 Å². The topological polar surface area (TPSA) is 90.6 Å². The van der Waals surface area contributed by atoms with Crippen molar-refractivity contribution in [3.63, 3.8) is 0 Å². The van der Waals surface area contributed by atoms with E-state index in [0.717, 1.165) is 48.4 Å². The van der Waals surface area contributed by atoms with Crippen LogP contribution in [0.25, 0.3) is 11.1 Å². The van der Waals surface area contributed by atoms with E-state index in [1.807, 2.05) is 30.3 Å². The quantitative estimate of drug-likeness (QED) is 0.267. The lowest BCUT2D eigenvalue weighted by molar-refractivity contribution is -0.118. The van der Waals surface area contributed by atoms with Gasteiger partial charge in [0.05, 0.1) is 19.5 Å². The first kappa shape index (κ1) is 27.2. The maximum Gasteiger partial charge on any atom is 0.231 e. The molecule has 2 aromatic carbocycles. The number of methoxy groups -OCH3 is 2. The summed E-state index contributed by atoms with van der Waals surface area (Å²) in [5.41, 5.74) is 8.92. The van der Waals surface area contributed by atoms with Gasteiger partial charge >= 0.3 is 0 Å². The van der Waals surface area contributed by atoms with Gasteiger partial charge in [-0.2, -0.15) is 0 Å². The lowest BCUT2D eigenvalue weighted by atomic mass is 9.97. The highest BCUT2D eigenvalue weighted by Gasteiger charge is 2.39. The van der Waals surface area contributed by atoms with Crippen molar-refractivity contribution in [3.8, 4) is 22.6 Å². The van der Waals surface area contributed by atoms with Crippen LogP contribution >= 0.6 is 23.4 Å². The monoisotopic (exact) mass is 540 g/mol. The SMILES string of the molecule is COc1ccc(-c2cnc(SC(C(N)=O)C3CCCC3N(C)CCc3ccc(Cl)cc3)nc2)cc1OC. The molecular weight excluding hydrogens is 508 g/mol. The summed E-state index contributed by atoms with van der Waals surface area (Å²) in [4.78, 5) is 24.0. The van der Waals surface area contributed by atoms with Gasteiger partial charge in [0.2, 0.25) is 5.91 Å². The molecular formula is C28H33ClN4O3S. The smallest absolute Gasteiger partial charge is 0.231 e. The number of aromatic nitrogens is 2.